The normalized spacial score (nSPS) is 27.6. The molecule has 0 spiro atoms. The zero-order chi connectivity index (χ0) is 12.8. The maximum atomic E-state index is 11.1. The van der Waals surface area contributed by atoms with Gasteiger partial charge in [-0.25, -0.2) is 0 Å². The highest BCUT2D eigenvalue weighted by molar-refractivity contribution is 5.96. The number of rotatable bonds is 6. The summed E-state index contributed by atoms with van der Waals surface area (Å²) in [5.74, 6) is -0.783. The van der Waals surface area contributed by atoms with Crippen molar-refractivity contribution in [2.24, 2.45) is 5.16 Å². The first-order valence-corrected chi connectivity index (χ1v) is 6.16. The van der Waals surface area contributed by atoms with Crippen LogP contribution in [0.2, 0.25) is 0 Å². The predicted molar refractivity (Wildman–Crippen MR) is 66.2 cm³/mol. The molecule has 0 bridgehead atoms. The predicted octanol–water partition coefficient (Wildman–Crippen LogP) is 1.73. The summed E-state index contributed by atoms with van der Waals surface area (Å²) in [7, 11) is 3.36. The molecule has 1 N–H and O–H groups in total. The summed E-state index contributed by atoms with van der Waals surface area (Å²) in [5, 5.41) is 13.1. The zero-order valence-corrected chi connectivity index (χ0v) is 10.8. The van der Waals surface area contributed by atoms with Gasteiger partial charge < -0.3 is 9.94 Å². The Morgan fingerprint density at radius 1 is 1.59 bits per heavy atom. The Hall–Kier alpha value is -1.10. The molecule has 0 radical (unpaired) electrons. The Labute approximate surface area is 102 Å². The molecular weight excluding hydrogens is 220 g/mol. The molecule has 2 atom stereocenters. The first kappa shape index (κ1) is 14.0. The summed E-state index contributed by atoms with van der Waals surface area (Å²) >= 11 is 0. The lowest BCUT2D eigenvalue weighted by molar-refractivity contribution is -0.142. The summed E-state index contributed by atoms with van der Waals surface area (Å²) in [6.07, 6.45) is 4.85. The van der Waals surface area contributed by atoms with E-state index in [1.54, 1.807) is 0 Å². The van der Waals surface area contributed by atoms with Gasteiger partial charge >= 0.3 is 5.97 Å². The van der Waals surface area contributed by atoms with E-state index >= 15 is 0 Å². The highest BCUT2D eigenvalue weighted by Gasteiger charge is 2.39. The Balaban J connectivity index is 2.69. The average Bonchev–Trinajstić information content (AvgIpc) is 2.58. The maximum absolute atomic E-state index is 11.1. The van der Waals surface area contributed by atoms with E-state index in [9.17, 15) is 4.79 Å². The van der Waals surface area contributed by atoms with Gasteiger partial charge in [0.2, 0.25) is 0 Å². The Morgan fingerprint density at radius 2 is 2.29 bits per heavy atom. The van der Waals surface area contributed by atoms with Crippen LogP contribution in [0, 0.1) is 0 Å². The van der Waals surface area contributed by atoms with Crippen LogP contribution < -0.4 is 0 Å². The third kappa shape index (κ3) is 3.43. The monoisotopic (exact) mass is 242 g/mol. The second-order valence-electron chi connectivity index (χ2n) is 4.50. The minimum Gasteiger partial charge on any atom is -0.480 e. The Bertz CT molecular complexity index is 291. The number of aliphatic carboxylic acids is 1. The molecule has 1 fully saturated rings. The van der Waals surface area contributed by atoms with Crippen LogP contribution in [0.5, 0.6) is 0 Å². The van der Waals surface area contributed by atoms with Gasteiger partial charge in [0, 0.05) is 6.42 Å². The minimum absolute atomic E-state index is 0.114. The lowest BCUT2D eigenvalue weighted by atomic mass is 10.0. The smallest absolute Gasteiger partial charge is 0.321 e. The number of likely N-dealkylation sites (N-methyl/N-ethyl adjacent to an activating group) is 1. The van der Waals surface area contributed by atoms with Crippen LogP contribution in [-0.4, -0.2) is 47.9 Å². The number of carbonyl (C=O) groups is 1. The van der Waals surface area contributed by atoms with Gasteiger partial charge in [-0.1, -0.05) is 31.3 Å². The summed E-state index contributed by atoms with van der Waals surface area (Å²) in [6.45, 7) is 2.16. The Morgan fingerprint density at radius 3 is 2.82 bits per heavy atom. The van der Waals surface area contributed by atoms with Crippen LogP contribution >= 0.6 is 0 Å². The van der Waals surface area contributed by atoms with Crippen molar-refractivity contribution < 1.29 is 14.7 Å². The molecule has 1 aliphatic rings. The second kappa shape index (κ2) is 6.59. The molecule has 0 aromatic rings. The third-order valence-corrected chi connectivity index (χ3v) is 3.35. The van der Waals surface area contributed by atoms with Gasteiger partial charge in [0.15, 0.2) is 0 Å². The molecule has 98 valence electrons. The fourth-order valence-electron chi connectivity index (χ4n) is 2.37. The van der Waals surface area contributed by atoms with Crippen molar-refractivity contribution in [2.75, 3.05) is 14.2 Å². The fraction of sp³-hybridized carbons (Fsp3) is 0.833. The van der Waals surface area contributed by atoms with Crippen LogP contribution in [0.15, 0.2) is 5.16 Å². The number of carboxylic acids is 1. The van der Waals surface area contributed by atoms with Gasteiger partial charge in [0.05, 0.1) is 11.8 Å². The maximum Gasteiger partial charge on any atom is 0.321 e. The van der Waals surface area contributed by atoms with Gasteiger partial charge in [-0.15, -0.1) is 0 Å². The molecule has 5 heteroatoms. The van der Waals surface area contributed by atoms with Crippen molar-refractivity contribution >= 4 is 11.7 Å². The van der Waals surface area contributed by atoms with E-state index in [1.807, 2.05) is 11.9 Å². The molecular formula is C12H22N2O3. The molecule has 2 unspecified atom stereocenters. The SMILES string of the molecule is CCCCCC1C(=NOC)CC(C(=O)O)N1C. The van der Waals surface area contributed by atoms with Crippen molar-refractivity contribution in [3.8, 4) is 0 Å². The molecule has 5 nitrogen and oxygen atoms in total. The summed E-state index contributed by atoms with van der Waals surface area (Å²) in [6, 6.07) is -0.349. The number of hydrogen-bond donors (Lipinski definition) is 1. The molecule has 1 rings (SSSR count). The van der Waals surface area contributed by atoms with Gasteiger partial charge in [-0.2, -0.15) is 0 Å². The van der Waals surface area contributed by atoms with Gasteiger partial charge in [-0.05, 0) is 13.5 Å². The Kier molecular flexibility index (Phi) is 5.41. The quantitative estimate of drug-likeness (QED) is 0.569. The van der Waals surface area contributed by atoms with Crippen LogP contribution in [0.4, 0.5) is 0 Å². The van der Waals surface area contributed by atoms with E-state index in [0.717, 1.165) is 25.0 Å². The van der Waals surface area contributed by atoms with E-state index in [0.29, 0.717) is 6.42 Å². The van der Waals surface area contributed by atoms with Gasteiger partial charge in [-0.3, -0.25) is 9.69 Å². The molecule has 1 saturated heterocycles. The van der Waals surface area contributed by atoms with Crippen LogP contribution in [0.1, 0.15) is 39.0 Å². The summed E-state index contributed by atoms with van der Waals surface area (Å²) in [4.78, 5) is 17.8. The van der Waals surface area contributed by atoms with E-state index < -0.39 is 12.0 Å². The lowest BCUT2D eigenvalue weighted by Gasteiger charge is -2.22. The topological polar surface area (TPSA) is 62.1 Å². The van der Waals surface area contributed by atoms with Gasteiger partial charge in [0.25, 0.3) is 0 Å². The van der Waals surface area contributed by atoms with Crippen LogP contribution in [-0.2, 0) is 9.63 Å². The number of likely N-dealkylation sites (tertiary alicyclic amines) is 1. The number of carboxylic acid groups (broad SMARTS) is 1. The zero-order valence-electron chi connectivity index (χ0n) is 10.8. The number of oxime groups is 1. The largest absolute Gasteiger partial charge is 0.480 e. The van der Waals surface area contributed by atoms with Crippen molar-refractivity contribution in [3.63, 3.8) is 0 Å². The minimum atomic E-state index is -0.783. The number of nitrogens with zero attached hydrogens (tertiary/aromatic N) is 2. The van der Waals surface area contributed by atoms with Gasteiger partial charge in [0.1, 0.15) is 13.2 Å². The summed E-state index contributed by atoms with van der Waals surface area (Å²) < 4.78 is 0. The molecule has 1 heterocycles. The highest BCUT2D eigenvalue weighted by atomic mass is 16.6. The highest BCUT2D eigenvalue weighted by Crippen LogP contribution is 2.24. The average molecular weight is 242 g/mol. The molecule has 0 saturated carbocycles. The van der Waals surface area contributed by atoms with Crippen molar-refractivity contribution in [1.29, 1.82) is 0 Å². The molecule has 0 aromatic heterocycles. The molecule has 0 aliphatic carbocycles. The molecule has 1 aliphatic heterocycles. The summed E-state index contributed by atoms with van der Waals surface area (Å²) in [5.41, 5.74) is 0.860. The first-order chi connectivity index (χ1) is 8.11. The van der Waals surface area contributed by atoms with E-state index in [-0.39, 0.29) is 6.04 Å². The van der Waals surface area contributed by atoms with E-state index in [1.165, 1.54) is 13.5 Å². The standard InChI is InChI=1S/C12H22N2O3/c1-4-5-6-7-10-9(13-17-3)8-11(12(15)16)14(10)2/h10-11H,4-8H2,1-3H3,(H,15,16). The second-order valence-corrected chi connectivity index (χ2v) is 4.50. The fourth-order valence-corrected chi connectivity index (χ4v) is 2.37. The molecule has 17 heavy (non-hydrogen) atoms. The van der Waals surface area contributed by atoms with Crippen LogP contribution in [0.3, 0.4) is 0 Å². The first-order valence-electron chi connectivity index (χ1n) is 6.16. The third-order valence-electron chi connectivity index (χ3n) is 3.35. The van der Waals surface area contributed by atoms with Crippen LogP contribution in [0.25, 0.3) is 0 Å². The van der Waals surface area contributed by atoms with E-state index in [2.05, 4.69) is 12.1 Å². The van der Waals surface area contributed by atoms with Crippen molar-refractivity contribution in [2.45, 2.75) is 51.1 Å². The van der Waals surface area contributed by atoms with Crippen molar-refractivity contribution in [1.82, 2.24) is 4.90 Å². The molecule has 0 amide bonds. The number of hydrogen-bond acceptors (Lipinski definition) is 4. The van der Waals surface area contributed by atoms with Crippen molar-refractivity contribution in [3.05, 3.63) is 0 Å². The molecule has 0 aromatic carbocycles. The van der Waals surface area contributed by atoms with E-state index in [4.69, 9.17) is 9.94 Å². The lowest BCUT2D eigenvalue weighted by Crippen LogP contribution is -2.38. The number of unbranched alkanes of at least 4 members (excludes halogenated alkanes) is 2.